The summed E-state index contributed by atoms with van der Waals surface area (Å²) in [6, 6.07) is 12.3. The lowest BCUT2D eigenvalue weighted by Crippen LogP contribution is -2.37. The zero-order valence-corrected chi connectivity index (χ0v) is 20.4. The third-order valence-corrected chi connectivity index (χ3v) is 8.25. The Morgan fingerprint density at radius 1 is 1.06 bits per heavy atom. The Labute approximate surface area is 196 Å². The van der Waals surface area contributed by atoms with Crippen molar-refractivity contribution in [3.05, 3.63) is 53.6 Å². The molecular formula is C26H33NO5S. The molecular weight excluding hydrogens is 438 g/mol. The van der Waals surface area contributed by atoms with E-state index in [0.29, 0.717) is 36.8 Å². The maximum absolute atomic E-state index is 13.7. The molecule has 2 aromatic rings. The van der Waals surface area contributed by atoms with Crippen molar-refractivity contribution in [2.24, 2.45) is 11.8 Å². The van der Waals surface area contributed by atoms with Crippen LogP contribution in [-0.2, 0) is 21.2 Å². The van der Waals surface area contributed by atoms with Crippen molar-refractivity contribution < 1.29 is 22.7 Å². The summed E-state index contributed by atoms with van der Waals surface area (Å²) in [4.78, 5) is 13.1. The van der Waals surface area contributed by atoms with Gasteiger partial charge in [-0.2, -0.15) is 0 Å². The number of benzene rings is 2. The molecule has 1 fully saturated rings. The van der Waals surface area contributed by atoms with Gasteiger partial charge in [-0.1, -0.05) is 32.9 Å². The summed E-state index contributed by atoms with van der Waals surface area (Å²) >= 11 is 0. The normalized spacial score (nSPS) is 19.3. The van der Waals surface area contributed by atoms with E-state index in [2.05, 4.69) is 6.92 Å². The number of carbonyl (C=O) groups is 1. The Morgan fingerprint density at radius 2 is 1.76 bits per heavy atom. The molecule has 4 rings (SSSR count). The van der Waals surface area contributed by atoms with Crippen LogP contribution >= 0.6 is 0 Å². The summed E-state index contributed by atoms with van der Waals surface area (Å²) in [6.45, 7) is 7.77. The molecule has 1 saturated heterocycles. The van der Waals surface area contributed by atoms with Gasteiger partial charge in [0.25, 0.3) is 10.0 Å². The summed E-state index contributed by atoms with van der Waals surface area (Å²) < 4.78 is 40.4. The van der Waals surface area contributed by atoms with Crippen molar-refractivity contribution in [1.29, 1.82) is 0 Å². The number of hydrogen-bond acceptors (Lipinski definition) is 5. The smallest absolute Gasteiger partial charge is 0.264 e. The standard InChI is InChI=1S/C26H33NO5S/c1-4-19-5-7-21(8-6-19)27(17-18(2)3)33(29,30)22-9-10-25-23(15-22)24(28)16-26(32-25)20-11-13-31-14-12-20/h5-10,15,18,20,26H,4,11-14,16-17H2,1-3H3. The first-order valence-electron chi connectivity index (χ1n) is 11.8. The Hall–Kier alpha value is -2.38. The summed E-state index contributed by atoms with van der Waals surface area (Å²) in [5, 5.41) is 0. The molecule has 2 aliphatic rings. The van der Waals surface area contributed by atoms with Crippen molar-refractivity contribution in [3.63, 3.8) is 0 Å². The Morgan fingerprint density at radius 3 is 2.39 bits per heavy atom. The molecule has 0 saturated carbocycles. The average molecular weight is 472 g/mol. The van der Waals surface area contributed by atoms with Gasteiger partial charge in [-0.3, -0.25) is 9.10 Å². The first-order valence-corrected chi connectivity index (χ1v) is 13.3. The minimum absolute atomic E-state index is 0.0625. The van der Waals surface area contributed by atoms with Crippen molar-refractivity contribution in [2.75, 3.05) is 24.1 Å². The van der Waals surface area contributed by atoms with Crippen LogP contribution in [0, 0.1) is 11.8 Å². The molecule has 0 spiro atoms. The number of ketones is 1. The molecule has 0 aliphatic carbocycles. The summed E-state index contributed by atoms with van der Waals surface area (Å²) in [7, 11) is -3.85. The van der Waals surface area contributed by atoms with Crippen LogP contribution in [0.3, 0.4) is 0 Å². The molecule has 2 aromatic carbocycles. The van der Waals surface area contributed by atoms with E-state index >= 15 is 0 Å². The predicted molar refractivity (Wildman–Crippen MR) is 129 cm³/mol. The minimum Gasteiger partial charge on any atom is -0.489 e. The quantitative estimate of drug-likeness (QED) is 0.577. The molecule has 2 aliphatic heterocycles. The molecule has 0 bridgehead atoms. The molecule has 0 amide bonds. The number of rotatable bonds is 7. The van der Waals surface area contributed by atoms with Gasteiger partial charge >= 0.3 is 0 Å². The van der Waals surface area contributed by atoms with Crippen molar-refractivity contribution in [3.8, 4) is 5.75 Å². The summed E-state index contributed by atoms with van der Waals surface area (Å²) in [6.07, 6.45) is 2.74. The molecule has 7 heteroatoms. The second-order valence-corrected chi connectivity index (χ2v) is 11.2. The number of ether oxygens (including phenoxy) is 2. The summed E-state index contributed by atoms with van der Waals surface area (Å²) in [5.74, 6) is 0.831. The molecule has 2 heterocycles. The van der Waals surface area contributed by atoms with Gasteiger partial charge in [0.05, 0.1) is 16.1 Å². The Kier molecular flexibility index (Phi) is 7.10. The van der Waals surface area contributed by atoms with Crippen molar-refractivity contribution >= 4 is 21.5 Å². The van der Waals surface area contributed by atoms with Crippen LogP contribution in [0.2, 0.25) is 0 Å². The number of nitrogens with zero attached hydrogens (tertiary/aromatic N) is 1. The van der Waals surface area contributed by atoms with E-state index in [1.54, 1.807) is 12.1 Å². The highest BCUT2D eigenvalue weighted by atomic mass is 32.2. The maximum Gasteiger partial charge on any atom is 0.264 e. The average Bonchev–Trinajstić information content (AvgIpc) is 2.82. The Bertz CT molecular complexity index is 1090. The number of sulfonamides is 1. The molecule has 1 unspecified atom stereocenters. The van der Waals surface area contributed by atoms with Crippen LogP contribution in [0.1, 0.15) is 56.0 Å². The van der Waals surface area contributed by atoms with Crippen LogP contribution in [0.4, 0.5) is 5.69 Å². The topological polar surface area (TPSA) is 72.9 Å². The highest BCUT2D eigenvalue weighted by molar-refractivity contribution is 7.92. The van der Waals surface area contributed by atoms with Crippen LogP contribution in [-0.4, -0.2) is 40.1 Å². The predicted octanol–water partition coefficient (Wildman–Crippen LogP) is 4.86. The number of fused-ring (bicyclic) bond motifs is 1. The highest BCUT2D eigenvalue weighted by Gasteiger charge is 2.35. The van der Waals surface area contributed by atoms with Gasteiger partial charge in [0, 0.05) is 32.1 Å². The van der Waals surface area contributed by atoms with Gasteiger partial charge in [0.2, 0.25) is 0 Å². The monoisotopic (exact) mass is 471 g/mol. The third-order valence-electron chi connectivity index (χ3n) is 6.46. The van der Waals surface area contributed by atoms with Crippen molar-refractivity contribution in [1.82, 2.24) is 0 Å². The van der Waals surface area contributed by atoms with E-state index < -0.39 is 10.0 Å². The third kappa shape index (κ3) is 5.09. The lowest BCUT2D eigenvalue weighted by molar-refractivity contribution is 0.0119. The van der Waals surface area contributed by atoms with E-state index in [0.717, 1.165) is 24.8 Å². The van der Waals surface area contributed by atoms with Crippen LogP contribution in [0.15, 0.2) is 47.4 Å². The van der Waals surface area contributed by atoms with E-state index in [-0.39, 0.29) is 35.0 Å². The molecule has 0 aromatic heterocycles. The molecule has 6 nitrogen and oxygen atoms in total. The SMILES string of the molecule is CCc1ccc(N(CC(C)C)S(=O)(=O)c2ccc3c(c2)C(=O)CC(C2CCOCC2)O3)cc1. The fourth-order valence-corrected chi connectivity index (χ4v) is 6.19. The second-order valence-electron chi connectivity index (χ2n) is 9.34. The van der Waals surface area contributed by atoms with Gasteiger partial charge in [-0.15, -0.1) is 0 Å². The lowest BCUT2D eigenvalue weighted by Gasteiger charge is -2.34. The number of carbonyl (C=O) groups excluding carboxylic acids is 1. The van der Waals surface area contributed by atoms with Crippen LogP contribution in [0.25, 0.3) is 0 Å². The van der Waals surface area contributed by atoms with Gasteiger partial charge in [-0.05, 0) is 61.1 Å². The van der Waals surface area contributed by atoms with Crippen molar-refractivity contribution in [2.45, 2.75) is 57.5 Å². The molecule has 1 atom stereocenters. The van der Waals surface area contributed by atoms with Gasteiger partial charge in [0.1, 0.15) is 11.9 Å². The van der Waals surface area contributed by atoms with Gasteiger partial charge < -0.3 is 9.47 Å². The fraction of sp³-hybridized carbons (Fsp3) is 0.500. The highest BCUT2D eigenvalue weighted by Crippen LogP contribution is 2.36. The number of hydrogen-bond donors (Lipinski definition) is 0. The van der Waals surface area contributed by atoms with Gasteiger partial charge in [0.15, 0.2) is 5.78 Å². The number of aryl methyl sites for hydroxylation is 1. The minimum atomic E-state index is -3.85. The van der Waals surface area contributed by atoms with Gasteiger partial charge in [-0.25, -0.2) is 8.42 Å². The second kappa shape index (κ2) is 9.85. The first kappa shape index (κ1) is 23.8. The zero-order valence-electron chi connectivity index (χ0n) is 19.6. The largest absolute Gasteiger partial charge is 0.489 e. The molecule has 0 N–H and O–H groups in total. The maximum atomic E-state index is 13.7. The van der Waals surface area contributed by atoms with E-state index in [9.17, 15) is 13.2 Å². The first-order chi connectivity index (χ1) is 15.8. The van der Waals surface area contributed by atoms with Crippen LogP contribution in [0.5, 0.6) is 5.75 Å². The molecule has 0 radical (unpaired) electrons. The fourth-order valence-electron chi connectivity index (χ4n) is 4.54. The van der Waals surface area contributed by atoms with E-state index in [1.807, 2.05) is 38.1 Å². The molecule has 33 heavy (non-hydrogen) atoms. The zero-order chi connectivity index (χ0) is 23.6. The van der Waals surface area contributed by atoms with E-state index in [4.69, 9.17) is 9.47 Å². The lowest BCUT2D eigenvalue weighted by atomic mass is 9.87. The number of anilines is 1. The Balaban J connectivity index is 1.64. The molecule has 178 valence electrons. The number of Topliss-reactive ketones (excluding diaryl/α,β-unsaturated/α-hetero) is 1. The summed E-state index contributed by atoms with van der Waals surface area (Å²) in [5.41, 5.74) is 2.13. The van der Waals surface area contributed by atoms with Crippen LogP contribution < -0.4 is 9.04 Å². The van der Waals surface area contributed by atoms with E-state index in [1.165, 1.54) is 10.4 Å².